The Labute approximate surface area is 138 Å². The number of nitrogens with zero attached hydrogens (tertiary/aromatic N) is 3. The maximum Gasteiger partial charge on any atom is 0.313 e. The Bertz CT molecular complexity index is 788. The van der Waals surface area contributed by atoms with Crippen LogP contribution >= 0.6 is 11.8 Å². The number of aromatic nitrogens is 3. The molecule has 3 aromatic rings. The van der Waals surface area contributed by atoms with Gasteiger partial charge in [-0.1, -0.05) is 72.4 Å². The Morgan fingerprint density at radius 2 is 1.65 bits per heavy atom. The summed E-state index contributed by atoms with van der Waals surface area (Å²) in [6, 6.07) is 19.8. The van der Waals surface area contributed by atoms with Crippen molar-refractivity contribution in [1.82, 2.24) is 14.8 Å². The molecule has 0 aliphatic heterocycles. The molecule has 0 aliphatic carbocycles. The van der Waals surface area contributed by atoms with E-state index < -0.39 is 5.97 Å². The molecule has 1 aromatic heterocycles. The number of carboxylic acid groups (broad SMARTS) is 1. The Morgan fingerprint density at radius 1 is 1.00 bits per heavy atom. The number of carboxylic acids is 1. The fourth-order valence-electron chi connectivity index (χ4n) is 2.23. The Morgan fingerprint density at radius 3 is 2.30 bits per heavy atom. The van der Waals surface area contributed by atoms with Gasteiger partial charge in [0.25, 0.3) is 0 Å². The fraction of sp³-hybridized carbons (Fsp3) is 0.118. The molecule has 116 valence electrons. The molecule has 0 saturated carbocycles. The highest BCUT2D eigenvalue weighted by atomic mass is 32.2. The summed E-state index contributed by atoms with van der Waals surface area (Å²) < 4.78 is 1.96. The lowest BCUT2D eigenvalue weighted by molar-refractivity contribution is -0.133. The minimum atomic E-state index is -0.870. The van der Waals surface area contributed by atoms with E-state index >= 15 is 0 Å². The zero-order valence-electron chi connectivity index (χ0n) is 12.3. The molecule has 0 aliphatic rings. The van der Waals surface area contributed by atoms with Crippen molar-refractivity contribution in [3.63, 3.8) is 0 Å². The van der Waals surface area contributed by atoms with E-state index in [4.69, 9.17) is 5.11 Å². The number of benzene rings is 2. The second-order valence-corrected chi connectivity index (χ2v) is 5.87. The topological polar surface area (TPSA) is 68.0 Å². The van der Waals surface area contributed by atoms with E-state index in [2.05, 4.69) is 10.2 Å². The van der Waals surface area contributed by atoms with E-state index in [1.807, 2.05) is 65.2 Å². The number of hydrogen-bond acceptors (Lipinski definition) is 4. The Balaban J connectivity index is 1.97. The normalized spacial score (nSPS) is 10.6. The van der Waals surface area contributed by atoms with E-state index in [0.29, 0.717) is 11.7 Å². The number of aliphatic carboxylic acids is 1. The van der Waals surface area contributed by atoms with Gasteiger partial charge in [-0.05, 0) is 5.56 Å². The summed E-state index contributed by atoms with van der Waals surface area (Å²) in [5.41, 5.74) is 2.07. The molecule has 23 heavy (non-hydrogen) atoms. The van der Waals surface area contributed by atoms with Gasteiger partial charge in [-0.2, -0.15) is 0 Å². The van der Waals surface area contributed by atoms with Gasteiger partial charge in [-0.25, -0.2) is 0 Å². The zero-order valence-corrected chi connectivity index (χ0v) is 13.1. The van der Waals surface area contributed by atoms with Crippen LogP contribution in [0.3, 0.4) is 0 Å². The number of rotatable bonds is 6. The predicted molar refractivity (Wildman–Crippen MR) is 89.4 cm³/mol. The molecular formula is C17H15N3O2S. The molecular weight excluding hydrogens is 310 g/mol. The quantitative estimate of drug-likeness (QED) is 0.705. The minimum absolute atomic E-state index is 0.0400. The van der Waals surface area contributed by atoms with E-state index in [1.54, 1.807) is 0 Å². The van der Waals surface area contributed by atoms with Crippen LogP contribution in [-0.2, 0) is 11.3 Å². The minimum Gasteiger partial charge on any atom is -0.481 e. The second kappa shape index (κ2) is 7.11. The molecule has 0 fully saturated rings. The van der Waals surface area contributed by atoms with Gasteiger partial charge < -0.3 is 5.11 Å². The third kappa shape index (κ3) is 3.78. The lowest BCUT2D eigenvalue weighted by atomic mass is 10.2. The first-order valence-corrected chi connectivity index (χ1v) is 8.10. The highest BCUT2D eigenvalue weighted by Gasteiger charge is 2.15. The highest BCUT2D eigenvalue weighted by Crippen LogP contribution is 2.25. The third-order valence-electron chi connectivity index (χ3n) is 3.26. The average molecular weight is 325 g/mol. The lowest BCUT2D eigenvalue weighted by Crippen LogP contribution is -2.06. The average Bonchev–Trinajstić information content (AvgIpc) is 2.97. The van der Waals surface area contributed by atoms with E-state index in [-0.39, 0.29) is 5.75 Å². The molecule has 0 amide bonds. The van der Waals surface area contributed by atoms with Crippen LogP contribution in [0.2, 0.25) is 0 Å². The van der Waals surface area contributed by atoms with Crippen molar-refractivity contribution in [3.05, 3.63) is 66.2 Å². The molecule has 2 aromatic carbocycles. The molecule has 3 rings (SSSR count). The van der Waals surface area contributed by atoms with Crippen molar-refractivity contribution in [2.75, 3.05) is 5.75 Å². The fourth-order valence-corrected chi connectivity index (χ4v) is 2.89. The summed E-state index contributed by atoms with van der Waals surface area (Å²) in [6.45, 7) is 0.597. The van der Waals surface area contributed by atoms with Crippen LogP contribution in [0.1, 0.15) is 5.56 Å². The summed E-state index contributed by atoms with van der Waals surface area (Å²) in [4.78, 5) is 10.8. The summed E-state index contributed by atoms with van der Waals surface area (Å²) in [5.74, 6) is -0.172. The van der Waals surface area contributed by atoms with E-state index in [9.17, 15) is 4.79 Å². The summed E-state index contributed by atoms with van der Waals surface area (Å²) in [5, 5.41) is 17.9. The van der Waals surface area contributed by atoms with Crippen molar-refractivity contribution >= 4 is 17.7 Å². The van der Waals surface area contributed by atoms with Gasteiger partial charge in [0.2, 0.25) is 0 Å². The zero-order chi connectivity index (χ0) is 16.1. The first kappa shape index (κ1) is 15.3. The van der Waals surface area contributed by atoms with Crippen LogP contribution in [0, 0.1) is 0 Å². The van der Waals surface area contributed by atoms with Gasteiger partial charge in [0, 0.05) is 5.56 Å². The van der Waals surface area contributed by atoms with Crippen molar-refractivity contribution in [2.45, 2.75) is 11.7 Å². The summed E-state index contributed by atoms with van der Waals surface area (Å²) in [6.07, 6.45) is 0. The first-order chi connectivity index (χ1) is 11.2. The molecule has 6 heteroatoms. The molecule has 1 heterocycles. The van der Waals surface area contributed by atoms with Crippen LogP contribution in [0.4, 0.5) is 0 Å². The van der Waals surface area contributed by atoms with Crippen LogP contribution in [0.5, 0.6) is 0 Å². The van der Waals surface area contributed by atoms with Crippen molar-refractivity contribution < 1.29 is 9.90 Å². The van der Waals surface area contributed by atoms with Gasteiger partial charge in [0.15, 0.2) is 11.0 Å². The number of carbonyl (C=O) groups is 1. The predicted octanol–water partition coefficient (Wildman–Crippen LogP) is 3.17. The number of thioether (sulfide) groups is 1. The van der Waals surface area contributed by atoms with Gasteiger partial charge in [-0.3, -0.25) is 9.36 Å². The van der Waals surface area contributed by atoms with Crippen molar-refractivity contribution in [1.29, 1.82) is 0 Å². The molecule has 0 radical (unpaired) electrons. The van der Waals surface area contributed by atoms with Crippen LogP contribution in [0.25, 0.3) is 11.4 Å². The summed E-state index contributed by atoms with van der Waals surface area (Å²) in [7, 11) is 0. The molecule has 1 N–H and O–H groups in total. The highest BCUT2D eigenvalue weighted by molar-refractivity contribution is 7.99. The monoisotopic (exact) mass is 325 g/mol. The Kier molecular flexibility index (Phi) is 4.73. The van der Waals surface area contributed by atoms with E-state index in [0.717, 1.165) is 17.0 Å². The van der Waals surface area contributed by atoms with Crippen molar-refractivity contribution in [2.24, 2.45) is 0 Å². The van der Waals surface area contributed by atoms with Crippen LogP contribution in [0.15, 0.2) is 65.8 Å². The van der Waals surface area contributed by atoms with E-state index in [1.165, 1.54) is 11.8 Å². The molecule has 0 unspecified atom stereocenters. The molecule has 0 saturated heterocycles. The third-order valence-corrected chi connectivity index (χ3v) is 4.21. The van der Waals surface area contributed by atoms with Crippen LogP contribution in [-0.4, -0.2) is 31.6 Å². The maximum atomic E-state index is 10.8. The largest absolute Gasteiger partial charge is 0.481 e. The molecule has 0 spiro atoms. The lowest BCUT2D eigenvalue weighted by Gasteiger charge is -2.10. The SMILES string of the molecule is O=C(O)CSc1nnc(-c2ccccc2)n1Cc1ccccc1. The van der Waals surface area contributed by atoms with Gasteiger partial charge in [-0.15, -0.1) is 10.2 Å². The van der Waals surface area contributed by atoms with Crippen molar-refractivity contribution in [3.8, 4) is 11.4 Å². The smallest absolute Gasteiger partial charge is 0.313 e. The van der Waals surface area contributed by atoms with Gasteiger partial charge in [0.1, 0.15) is 0 Å². The molecule has 5 nitrogen and oxygen atoms in total. The van der Waals surface area contributed by atoms with Gasteiger partial charge in [0.05, 0.1) is 12.3 Å². The standard InChI is InChI=1S/C17H15N3O2S/c21-15(22)12-23-17-19-18-16(14-9-5-2-6-10-14)20(17)11-13-7-3-1-4-8-13/h1-10H,11-12H2,(H,21,22). The second-order valence-electron chi connectivity index (χ2n) is 4.93. The Hall–Kier alpha value is -2.60. The number of hydrogen-bond donors (Lipinski definition) is 1. The first-order valence-electron chi connectivity index (χ1n) is 7.11. The molecule has 0 atom stereocenters. The van der Waals surface area contributed by atoms with Gasteiger partial charge >= 0.3 is 5.97 Å². The maximum absolute atomic E-state index is 10.8. The van der Waals surface area contributed by atoms with Crippen LogP contribution < -0.4 is 0 Å². The summed E-state index contributed by atoms with van der Waals surface area (Å²) >= 11 is 1.18. The molecule has 0 bridgehead atoms.